The molecule has 114 valence electrons. The van der Waals surface area contributed by atoms with Crippen LogP contribution in [0, 0.1) is 5.92 Å². The quantitative estimate of drug-likeness (QED) is 0.644. The van der Waals surface area contributed by atoms with Gasteiger partial charge in [-0.3, -0.25) is 9.59 Å². The minimum Gasteiger partial charge on any atom is -0.497 e. The van der Waals surface area contributed by atoms with E-state index in [0.29, 0.717) is 24.7 Å². The molecule has 0 radical (unpaired) electrons. The lowest BCUT2D eigenvalue weighted by molar-refractivity contribution is -0.126. The van der Waals surface area contributed by atoms with E-state index in [0.717, 1.165) is 12.1 Å². The van der Waals surface area contributed by atoms with Crippen LogP contribution in [-0.4, -0.2) is 37.9 Å². The molecule has 1 saturated heterocycles. The first kappa shape index (κ1) is 15.6. The molecule has 5 nitrogen and oxygen atoms in total. The standard InChI is InChI=1S/C15H19ClN2O3/c1-21-13-5-2-4-12(9-13)18-10-11(8-14(18)19)15(20)17-7-3-6-16/h2,4-5,9,11H,3,6-8,10H2,1H3,(H,17,20)/t11-/m1/s1. The van der Waals surface area contributed by atoms with Gasteiger partial charge in [0.05, 0.1) is 13.0 Å². The Morgan fingerprint density at radius 1 is 1.52 bits per heavy atom. The number of carbonyl (C=O) groups is 2. The summed E-state index contributed by atoms with van der Waals surface area (Å²) in [5.74, 6) is 0.772. The van der Waals surface area contributed by atoms with Gasteiger partial charge >= 0.3 is 0 Å². The normalized spacial score (nSPS) is 17.9. The Labute approximate surface area is 129 Å². The first-order valence-electron chi connectivity index (χ1n) is 6.93. The molecule has 6 heteroatoms. The zero-order chi connectivity index (χ0) is 15.2. The highest BCUT2D eigenvalue weighted by molar-refractivity contribution is 6.17. The van der Waals surface area contributed by atoms with Crippen LogP contribution in [0.15, 0.2) is 24.3 Å². The van der Waals surface area contributed by atoms with Crippen molar-refractivity contribution in [3.05, 3.63) is 24.3 Å². The van der Waals surface area contributed by atoms with Gasteiger partial charge in [0.1, 0.15) is 5.75 Å². The monoisotopic (exact) mass is 310 g/mol. The highest BCUT2D eigenvalue weighted by Crippen LogP contribution is 2.27. The van der Waals surface area contributed by atoms with Crippen molar-refractivity contribution in [2.45, 2.75) is 12.8 Å². The molecule has 1 aromatic rings. The summed E-state index contributed by atoms with van der Waals surface area (Å²) < 4.78 is 5.16. The molecule has 1 N–H and O–H groups in total. The maximum absolute atomic E-state index is 12.1. The van der Waals surface area contributed by atoms with E-state index in [2.05, 4.69) is 5.32 Å². The Kier molecular flexibility index (Phi) is 5.44. The largest absolute Gasteiger partial charge is 0.497 e. The van der Waals surface area contributed by atoms with Crippen LogP contribution in [0.1, 0.15) is 12.8 Å². The molecule has 0 bridgehead atoms. The summed E-state index contributed by atoms with van der Waals surface area (Å²) in [6.45, 7) is 0.949. The predicted octanol–water partition coefficient (Wildman–Crippen LogP) is 1.79. The molecular weight excluding hydrogens is 292 g/mol. The third-order valence-electron chi connectivity index (χ3n) is 3.47. The topological polar surface area (TPSA) is 58.6 Å². The molecule has 1 aliphatic heterocycles. The Bertz CT molecular complexity index is 521. The van der Waals surface area contributed by atoms with Gasteiger partial charge in [0.15, 0.2) is 0 Å². The van der Waals surface area contributed by atoms with E-state index in [1.54, 1.807) is 18.1 Å². The third-order valence-corrected chi connectivity index (χ3v) is 3.74. The Balaban J connectivity index is 2.00. The first-order valence-corrected chi connectivity index (χ1v) is 7.47. The van der Waals surface area contributed by atoms with Crippen LogP contribution in [0.4, 0.5) is 5.69 Å². The van der Waals surface area contributed by atoms with Crippen LogP contribution in [0.5, 0.6) is 5.75 Å². The average molecular weight is 311 g/mol. The summed E-state index contributed by atoms with van der Waals surface area (Å²) in [7, 11) is 1.58. The van der Waals surface area contributed by atoms with E-state index in [4.69, 9.17) is 16.3 Å². The number of hydrogen-bond acceptors (Lipinski definition) is 3. The Hall–Kier alpha value is -1.75. The molecule has 0 saturated carbocycles. The van der Waals surface area contributed by atoms with Crippen molar-refractivity contribution in [2.75, 3.05) is 31.0 Å². The number of halogens is 1. The van der Waals surface area contributed by atoms with Crippen molar-refractivity contribution >= 4 is 29.1 Å². The number of hydrogen-bond donors (Lipinski definition) is 1. The number of amides is 2. The maximum atomic E-state index is 12.1. The number of ether oxygens (including phenoxy) is 1. The van der Waals surface area contributed by atoms with Crippen molar-refractivity contribution < 1.29 is 14.3 Å². The van der Waals surface area contributed by atoms with E-state index < -0.39 is 0 Å². The summed E-state index contributed by atoms with van der Waals surface area (Å²) in [6.07, 6.45) is 0.970. The zero-order valence-corrected chi connectivity index (χ0v) is 12.7. The fourth-order valence-corrected chi connectivity index (χ4v) is 2.47. The van der Waals surface area contributed by atoms with Gasteiger partial charge in [-0.05, 0) is 18.6 Å². The molecule has 1 aromatic carbocycles. The minimum atomic E-state index is -0.306. The van der Waals surface area contributed by atoms with Gasteiger partial charge in [-0.1, -0.05) is 6.07 Å². The second kappa shape index (κ2) is 7.31. The smallest absolute Gasteiger partial charge is 0.227 e. The zero-order valence-electron chi connectivity index (χ0n) is 12.0. The van der Waals surface area contributed by atoms with Crippen molar-refractivity contribution in [2.24, 2.45) is 5.92 Å². The minimum absolute atomic E-state index is 0.0410. The molecule has 1 heterocycles. The molecule has 2 amide bonds. The molecule has 1 aliphatic rings. The fraction of sp³-hybridized carbons (Fsp3) is 0.467. The summed E-state index contributed by atoms with van der Waals surface area (Å²) in [5.41, 5.74) is 0.760. The number of nitrogens with zero attached hydrogens (tertiary/aromatic N) is 1. The third kappa shape index (κ3) is 3.88. The number of methoxy groups -OCH3 is 1. The van der Waals surface area contributed by atoms with Crippen molar-refractivity contribution in [1.82, 2.24) is 5.32 Å². The van der Waals surface area contributed by atoms with Crippen molar-refractivity contribution in [3.63, 3.8) is 0 Å². The van der Waals surface area contributed by atoms with E-state index in [1.165, 1.54) is 0 Å². The van der Waals surface area contributed by atoms with Gasteiger partial charge in [-0.25, -0.2) is 0 Å². The number of benzene rings is 1. The van der Waals surface area contributed by atoms with Gasteiger partial charge in [-0.15, -0.1) is 11.6 Å². The van der Waals surface area contributed by atoms with Crippen molar-refractivity contribution in [1.29, 1.82) is 0 Å². The molecule has 1 atom stereocenters. The Morgan fingerprint density at radius 2 is 2.33 bits per heavy atom. The van der Waals surface area contributed by atoms with Crippen LogP contribution in [-0.2, 0) is 9.59 Å². The van der Waals surface area contributed by atoms with Crippen LogP contribution < -0.4 is 15.0 Å². The summed E-state index contributed by atoms with van der Waals surface area (Å²) in [6, 6.07) is 7.29. The molecular formula is C15H19ClN2O3. The van der Waals surface area contributed by atoms with E-state index in [-0.39, 0.29) is 24.2 Å². The lowest BCUT2D eigenvalue weighted by Gasteiger charge is -2.17. The molecule has 1 fully saturated rings. The molecule has 0 spiro atoms. The number of nitrogens with one attached hydrogen (secondary N) is 1. The van der Waals surface area contributed by atoms with Gasteiger partial charge in [0.2, 0.25) is 11.8 Å². The van der Waals surface area contributed by atoms with Crippen LogP contribution in [0.3, 0.4) is 0 Å². The second-order valence-electron chi connectivity index (χ2n) is 4.94. The van der Waals surface area contributed by atoms with Crippen LogP contribution in [0.25, 0.3) is 0 Å². The fourth-order valence-electron chi connectivity index (χ4n) is 2.33. The van der Waals surface area contributed by atoms with E-state index >= 15 is 0 Å². The van der Waals surface area contributed by atoms with Gasteiger partial charge in [0.25, 0.3) is 0 Å². The SMILES string of the molecule is COc1cccc(N2C[C@H](C(=O)NCCCCl)CC2=O)c1. The first-order chi connectivity index (χ1) is 10.2. The van der Waals surface area contributed by atoms with Crippen molar-refractivity contribution in [3.8, 4) is 5.75 Å². The Morgan fingerprint density at radius 3 is 3.05 bits per heavy atom. The number of alkyl halides is 1. The van der Waals surface area contributed by atoms with Gasteiger partial charge < -0.3 is 15.0 Å². The number of rotatable bonds is 6. The average Bonchev–Trinajstić information content (AvgIpc) is 2.89. The molecule has 0 aromatic heterocycles. The van der Waals surface area contributed by atoms with Gasteiger partial charge in [0, 0.05) is 37.1 Å². The highest BCUT2D eigenvalue weighted by atomic mass is 35.5. The second-order valence-corrected chi connectivity index (χ2v) is 5.32. The molecule has 0 unspecified atom stereocenters. The maximum Gasteiger partial charge on any atom is 0.227 e. The molecule has 21 heavy (non-hydrogen) atoms. The summed E-state index contributed by atoms with van der Waals surface area (Å²) in [5, 5.41) is 2.81. The molecule has 2 rings (SSSR count). The van der Waals surface area contributed by atoms with E-state index in [9.17, 15) is 9.59 Å². The number of anilines is 1. The van der Waals surface area contributed by atoms with E-state index in [1.807, 2.05) is 18.2 Å². The highest BCUT2D eigenvalue weighted by Gasteiger charge is 2.35. The summed E-state index contributed by atoms with van der Waals surface area (Å²) in [4.78, 5) is 25.7. The lowest BCUT2D eigenvalue weighted by Crippen LogP contribution is -2.33. The summed E-state index contributed by atoms with van der Waals surface area (Å²) >= 11 is 5.57. The van der Waals surface area contributed by atoms with Gasteiger partial charge in [-0.2, -0.15) is 0 Å². The lowest BCUT2D eigenvalue weighted by atomic mass is 10.1. The van der Waals surface area contributed by atoms with Crippen LogP contribution in [0.2, 0.25) is 0 Å². The van der Waals surface area contributed by atoms with Crippen LogP contribution >= 0.6 is 11.6 Å². The predicted molar refractivity (Wildman–Crippen MR) is 81.8 cm³/mol. The number of carbonyl (C=O) groups excluding carboxylic acids is 2. The molecule has 0 aliphatic carbocycles.